The van der Waals surface area contributed by atoms with E-state index in [4.69, 9.17) is 0 Å². The van der Waals surface area contributed by atoms with Crippen LogP contribution in [0.15, 0.2) is 18.2 Å². The molecule has 0 aliphatic carbocycles. The maximum absolute atomic E-state index is 13.5. The minimum Gasteiger partial charge on any atom is -0.426 e. The Kier molecular flexibility index (Phi) is 8.54. The van der Waals surface area contributed by atoms with E-state index in [9.17, 15) is 49.1 Å². The number of carbonyl (C=O) groups is 2. The molecule has 1 amide bonds. The largest absolute Gasteiger partial charge is 0.434 e. The highest BCUT2D eigenvalue weighted by Gasteiger charge is 2.60. The molecule has 2 aliphatic rings. The van der Waals surface area contributed by atoms with Gasteiger partial charge < -0.3 is 19.3 Å². The van der Waals surface area contributed by atoms with Gasteiger partial charge in [-0.2, -0.15) is 39.5 Å². The first kappa shape index (κ1) is 28.9. The van der Waals surface area contributed by atoms with Crippen LogP contribution in [-0.4, -0.2) is 79.9 Å². The number of halogens is 9. The van der Waals surface area contributed by atoms with Crippen molar-refractivity contribution in [2.75, 3.05) is 44.2 Å². The van der Waals surface area contributed by atoms with E-state index in [-0.39, 0.29) is 50.7 Å². The van der Waals surface area contributed by atoms with Gasteiger partial charge in [-0.15, -0.1) is 0 Å². The van der Waals surface area contributed by atoms with Crippen LogP contribution in [0.3, 0.4) is 0 Å². The van der Waals surface area contributed by atoms with Crippen LogP contribution >= 0.6 is 0 Å². The lowest BCUT2D eigenvalue weighted by Crippen LogP contribution is -2.52. The van der Waals surface area contributed by atoms with Gasteiger partial charge >= 0.3 is 24.6 Å². The Balaban J connectivity index is 1.67. The topological polar surface area (TPSA) is 53.1 Å². The summed E-state index contributed by atoms with van der Waals surface area (Å²) in [5.41, 5.74) is -0.312. The zero-order valence-electron chi connectivity index (χ0n) is 19.3. The van der Waals surface area contributed by atoms with E-state index < -0.39 is 36.3 Å². The summed E-state index contributed by atoms with van der Waals surface area (Å²) in [6.45, 7) is 0.171. The first-order chi connectivity index (χ1) is 17.1. The van der Waals surface area contributed by atoms with Crippen LogP contribution in [0, 0.1) is 5.92 Å². The summed E-state index contributed by atoms with van der Waals surface area (Å²) in [5.74, 6) is -0.297. The molecule has 1 aromatic rings. The highest BCUT2D eigenvalue weighted by molar-refractivity contribution is 5.68. The van der Waals surface area contributed by atoms with Gasteiger partial charge in [0.05, 0.1) is 5.56 Å². The first-order valence-electron chi connectivity index (χ1n) is 11.3. The van der Waals surface area contributed by atoms with Crippen molar-refractivity contribution in [2.24, 2.45) is 5.92 Å². The molecular weight excluding hydrogens is 525 g/mol. The number of piperidine rings is 1. The van der Waals surface area contributed by atoms with Crippen molar-refractivity contribution in [2.45, 2.75) is 44.0 Å². The van der Waals surface area contributed by atoms with Crippen molar-refractivity contribution in [3.05, 3.63) is 29.3 Å². The van der Waals surface area contributed by atoms with E-state index in [1.807, 2.05) is 0 Å². The zero-order chi connectivity index (χ0) is 27.6. The van der Waals surface area contributed by atoms with Gasteiger partial charge in [-0.1, -0.05) is 0 Å². The molecule has 2 saturated heterocycles. The molecule has 2 heterocycles. The van der Waals surface area contributed by atoms with Crippen molar-refractivity contribution < 1.29 is 53.8 Å². The Hall–Kier alpha value is -2.71. The summed E-state index contributed by atoms with van der Waals surface area (Å²) in [4.78, 5) is 27.1. The standard InChI is InChI=1S/C22H24F9N3O3/c23-20(24,25)16-8-15(9-17(10-16)34-3-1-2-14(12-34)13-35)11-32-4-6-33(7-5-32)19(36)37-18(21(26,27)28)22(29,30)31/h8-10,13-14,18H,1-7,11-12H2/t14-/m1/s1. The molecule has 208 valence electrons. The molecule has 0 aromatic heterocycles. The monoisotopic (exact) mass is 549 g/mol. The van der Waals surface area contributed by atoms with Crippen LogP contribution in [0.2, 0.25) is 0 Å². The molecule has 0 radical (unpaired) electrons. The minimum absolute atomic E-state index is 0.00150. The fourth-order valence-electron chi connectivity index (χ4n) is 4.31. The number of piperazine rings is 1. The molecule has 1 aromatic carbocycles. The average molecular weight is 549 g/mol. The van der Waals surface area contributed by atoms with Gasteiger partial charge in [-0.25, -0.2) is 4.79 Å². The normalized spacial score (nSPS) is 20.3. The molecule has 15 heteroatoms. The third-order valence-electron chi connectivity index (χ3n) is 6.17. The van der Waals surface area contributed by atoms with E-state index in [1.54, 1.807) is 15.9 Å². The van der Waals surface area contributed by atoms with Crippen LogP contribution in [0.5, 0.6) is 0 Å². The van der Waals surface area contributed by atoms with Gasteiger partial charge in [0.1, 0.15) is 6.29 Å². The molecule has 0 saturated carbocycles. The highest BCUT2D eigenvalue weighted by atomic mass is 19.4. The summed E-state index contributed by atoms with van der Waals surface area (Å²) >= 11 is 0. The summed E-state index contributed by atoms with van der Waals surface area (Å²) < 4.78 is 120. The molecule has 6 nitrogen and oxygen atoms in total. The van der Waals surface area contributed by atoms with Crippen LogP contribution < -0.4 is 4.90 Å². The number of amides is 1. The number of nitrogens with zero attached hydrogens (tertiary/aromatic N) is 3. The predicted octanol–water partition coefficient (Wildman–Crippen LogP) is 4.87. The number of carbonyl (C=O) groups excluding carboxylic acids is 2. The number of alkyl halides is 9. The Morgan fingerprint density at radius 2 is 1.57 bits per heavy atom. The number of rotatable bonds is 5. The third-order valence-corrected chi connectivity index (χ3v) is 6.17. The quantitative estimate of drug-likeness (QED) is 0.388. The summed E-state index contributed by atoms with van der Waals surface area (Å²) in [7, 11) is 0. The van der Waals surface area contributed by atoms with Crippen molar-refractivity contribution in [3.63, 3.8) is 0 Å². The van der Waals surface area contributed by atoms with Gasteiger partial charge in [0.15, 0.2) is 0 Å². The van der Waals surface area contributed by atoms with E-state index >= 15 is 0 Å². The number of hydrogen-bond acceptors (Lipinski definition) is 5. The molecule has 0 bridgehead atoms. The van der Waals surface area contributed by atoms with Gasteiger partial charge in [-0.05, 0) is 36.6 Å². The molecule has 37 heavy (non-hydrogen) atoms. The Bertz CT molecular complexity index is 943. The molecule has 0 unspecified atom stereocenters. The van der Waals surface area contributed by atoms with E-state index in [1.165, 1.54) is 0 Å². The highest BCUT2D eigenvalue weighted by Crippen LogP contribution is 2.37. The second-order valence-corrected chi connectivity index (χ2v) is 8.98. The van der Waals surface area contributed by atoms with E-state index in [0.717, 1.165) is 18.4 Å². The zero-order valence-corrected chi connectivity index (χ0v) is 19.3. The number of anilines is 1. The molecule has 2 fully saturated rings. The number of aldehydes is 1. The van der Waals surface area contributed by atoms with Crippen molar-refractivity contribution in [3.8, 4) is 0 Å². The molecule has 1 atom stereocenters. The lowest BCUT2D eigenvalue weighted by molar-refractivity contribution is -0.308. The van der Waals surface area contributed by atoms with Gasteiger partial charge in [0.2, 0.25) is 0 Å². The molecule has 2 aliphatic heterocycles. The van der Waals surface area contributed by atoms with Gasteiger partial charge in [0, 0.05) is 57.4 Å². The fourth-order valence-corrected chi connectivity index (χ4v) is 4.31. The second kappa shape index (κ2) is 11.0. The van der Waals surface area contributed by atoms with Gasteiger partial charge in [-0.3, -0.25) is 4.90 Å². The third kappa shape index (κ3) is 7.65. The SMILES string of the molecule is O=C[C@@H]1CCCN(c2cc(CN3CCN(C(=O)OC(C(F)(F)F)C(F)(F)F)CC3)cc(C(F)(F)F)c2)C1. The summed E-state index contributed by atoms with van der Waals surface area (Å²) in [6.07, 6.45) is -20.3. The minimum atomic E-state index is -5.84. The lowest BCUT2D eigenvalue weighted by atomic mass is 9.98. The molecular formula is C22H24F9N3O3. The van der Waals surface area contributed by atoms with E-state index in [0.29, 0.717) is 30.0 Å². The maximum Gasteiger partial charge on any atom is 0.434 e. The van der Waals surface area contributed by atoms with Gasteiger partial charge in [0.25, 0.3) is 6.10 Å². The van der Waals surface area contributed by atoms with Crippen molar-refractivity contribution in [1.29, 1.82) is 0 Å². The van der Waals surface area contributed by atoms with Crippen molar-refractivity contribution in [1.82, 2.24) is 9.80 Å². The number of ether oxygens (including phenoxy) is 1. The predicted molar refractivity (Wildman–Crippen MR) is 112 cm³/mol. The Labute approximate surface area is 205 Å². The molecule has 0 N–H and O–H groups in total. The van der Waals surface area contributed by atoms with Crippen molar-refractivity contribution >= 4 is 18.1 Å². The van der Waals surface area contributed by atoms with E-state index in [2.05, 4.69) is 4.74 Å². The first-order valence-corrected chi connectivity index (χ1v) is 11.3. The molecule has 3 rings (SSSR count). The average Bonchev–Trinajstić information content (AvgIpc) is 2.80. The fraction of sp³-hybridized carbons (Fsp3) is 0.636. The summed E-state index contributed by atoms with van der Waals surface area (Å²) in [6, 6.07) is 3.52. The summed E-state index contributed by atoms with van der Waals surface area (Å²) in [5, 5.41) is 0. The van der Waals surface area contributed by atoms with Crippen LogP contribution in [0.4, 0.5) is 50.0 Å². The Morgan fingerprint density at radius 1 is 0.946 bits per heavy atom. The second-order valence-electron chi connectivity index (χ2n) is 8.98. The Morgan fingerprint density at radius 3 is 2.11 bits per heavy atom. The van der Waals surface area contributed by atoms with Crippen LogP contribution in [0.25, 0.3) is 0 Å². The number of benzene rings is 1. The smallest absolute Gasteiger partial charge is 0.426 e. The van der Waals surface area contributed by atoms with Crippen LogP contribution in [-0.2, 0) is 22.3 Å². The molecule has 0 spiro atoms. The maximum atomic E-state index is 13.5. The van der Waals surface area contributed by atoms with Crippen LogP contribution in [0.1, 0.15) is 24.0 Å². The lowest BCUT2D eigenvalue weighted by Gasteiger charge is -2.36. The number of hydrogen-bond donors (Lipinski definition) is 0.